The number of hydrogen-bond donors (Lipinski definition) is 1. The summed E-state index contributed by atoms with van der Waals surface area (Å²) in [5, 5.41) is 0. The second-order valence-electron chi connectivity index (χ2n) is 7.86. The predicted molar refractivity (Wildman–Crippen MR) is 109 cm³/mol. The molecule has 5 nitrogen and oxygen atoms in total. The summed E-state index contributed by atoms with van der Waals surface area (Å²) >= 11 is 0. The number of hydrogen-bond acceptors (Lipinski definition) is 3. The van der Waals surface area contributed by atoms with Crippen LogP contribution in [0.4, 0.5) is 0 Å². The van der Waals surface area contributed by atoms with E-state index in [0.717, 1.165) is 12.0 Å². The van der Waals surface area contributed by atoms with Crippen molar-refractivity contribution in [2.24, 2.45) is 5.73 Å². The molecule has 0 aromatic heterocycles. The Hall–Kier alpha value is -2.66. The van der Waals surface area contributed by atoms with Crippen LogP contribution in [0.3, 0.4) is 0 Å². The summed E-state index contributed by atoms with van der Waals surface area (Å²) in [5.41, 5.74) is 9.88. The van der Waals surface area contributed by atoms with Gasteiger partial charge in [0.2, 0.25) is 11.8 Å². The van der Waals surface area contributed by atoms with E-state index in [-0.39, 0.29) is 29.8 Å². The molecule has 2 aromatic carbocycles. The number of amides is 2. The number of carbonyl (C=O) groups excluding carboxylic acids is 2. The predicted octanol–water partition coefficient (Wildman–Crippen LogP) is 2.48. The Balaban J connectivity index is 1.52. The SMILES string of the molecule is CC(=O)N1CCc2ccccc2C1CC(=O)N1C[C@@H](N)[C@H](c2ccccc2)C1. The van der Waals surface area contributed by atoms with E-state index in [0.29, 0.717) is 26.1 Å². The molecule has 5 heteroatoms. The molecular formula is C23H27N3O2. The topological polar surface area (TPSA) is 66.6 Å². The maximum absolute atomic E-state index is 13.1. The highest BCUT2D eigenvalue weighted by Crippen LogP contribution is 2.34. The number of fused-ring (bicyclic) bond motifs is 1. The van der Waals surface area contributed by atoms with E-state index in [2.05, 4.69) is 18.2 Å². The molecule has 146 valence electrons. The van der Waals surface area contributed by atoms with Crippen molar-refractivity contribution in [3.8, 4) is 0 Å². The van der Waals surface area contributed by atoms with Crippen molar-refractivity contribution in [2.45, 2.75) is 37.8 Å². The van der Waals surface area contributed by atoms with Gasteiger partial charge < -0.3 is 15.5 Å². The standard InChI is InChI=1S/C23H27N3O2/c1-16(27)26-12-11-18-9-5-6-10-19(18)22(26)13-23(28)25-14-20(21(24)15-25)17-7-3-2-4-8-17/h2-10,20-22H,11-15,24H2,1H3/t20-,21+,22?/m0/s1. The molecule has 28 heavy (non-hydrogen) atoms. The molecule has 2 amide bonds. The van der Waals surface area contributed by atoms with Gasteiger partial charge in [0, 0.05) is 38.5 Å². The summed E-state index contributed by atoms with van der Waals surface area (Å²) in [7, 11) is 0. The van der Waals surface area contributed by atoms with E-state index in [4.69, 9.17) is 5.73 Å². The number of rotatable bonds is 3. The third-order valence-corrected chi connectivity index (χ3v) is 6.13. The van der Waals surface area contributed by atoms with Crippen molar-refractivity contribution in [1.82, 2.24) is 9.80 Å². The van der Waals surface area contributed by atoms with Crippen molar-refractivity contribution in [1.29, 1.82) is 0 Å². The van der Waals surface area contributed by atoms with Crippen LogP contribution in [0, 0.1) is 0 Å². The first-order valence-corrected chi connectivity index (χ1v) is 9.98. The lowest BCUT2D eigenvalue weighted by Gasteiger charge is -2.37. The molecule has 3 atom stereocenters. The van der Waals surface area contributed by atoms with Gasteiger partial charge in [-0.1, -0.05) is 54.6 Å². The minimum absolute atomic E-state index is 0.0209. The molecule has 1 saturated heterocycles. The summed E-state index contributed by atoms with van der Waals surface area (Å²) in [4.78, 5) is 29.0. The normalized spacial score (nSPS) is 24.1. The molecule has 0 aliphatic carbocycles. The van der Waals surface area contributed by atoms with Gasteiger partial charge in [-0.3, -0.25) is 9.59 Å². The van der Waals surface area contributed by atoms with Gasteiger partial charge in [0.15, 0.2) is 0 Å². The molecule has 2 aromatic rings. The van der Waals surface area contributed by atoms with Gasteiger partial charge in [-0.2, -0.15) is 0 Å². The Morgan fingerprint density at radius 2 is 1.75 bits per heavy atom. The Bertz CT molecular complexity index is 867. The zero-order valence-electron chi connectivity index (χ0n) is 16.3. The van der Waals surface area contributed by atoms with Gasteiger partial charge in [-0.25, -0.2) is 0 Å². The third kappa shape index (κ3) is 3.54. The molecule has 1 fully saturated rings. The van der Waals surface area contributed by atoms with Gasteiger partial charge in [-0.05, 0) is 23.1 Å². The molecule has 0 spiro atoms. The average Bonchev–Trinajstić information content (AvgIpc) is 3.10. The van der Waals surface area contributed by atoms with Crippen molar-refractivity contribution in [3.05, 3.63) is 71.3 Å². The average molecular weight is 377 g/mol. The lowest BCUT2D eigenvalue weighted by Crippen LogP contribution is -2.42. The number of carbonyl (C=O) groups is 2. The maximum atomic E-state index is 13.1. The Kier molecular flexibility index (Phi) is 5.18. The highest BCUT2D eigenvalue weighted by Gasteiger charge is 2.37. The molecule has 2 heterocycles. The smallest absolute Gasteiger partial charge is 0.225 e. The van der Waals surface area contributed by atoms with Crippen LogP contribution in [-0.2, 0) is 16.0 Å². The monoisotopic (exact) mass is 377 g/mol. The van der Waals surface area contributed by atoms with Crippen molar-refractivity contribution in [2.75, 3.05) is 19.6 Å². The molecular weight excluding hydrogens is 350 g/mol. The van der Waals surface area contributed by atoms with Crippen molar-refractivity contribution < 1.29 is 9.59 Å². The first kappa shape index (κ1) is 18.7. The van der Waals surface area contributed by atoms with Crippen LogP contribution in [0.25, 0.3) is 0 Å². The molecule has 1 unspecified atom stereocenters. The number of likely N-dealkylation sites (tertiary alicyclic amines) is 1. The largest absolute Gasteiger partial charge is 0.340 e. The van der Waals surface area contributed by atoms with Gasteiger partial charge in [-0.15, -0.1) is 0 Å². The lowest BCUT2D eigenvalue weighted by atomic mass is 9.90. The second kappa shape index (κ2) is 7.76. The van der Waals surface area contributed by atoms with Crippen LogP contribution in [0.15, 0.2) is 54.6 Å². The van der Waals surface area contributed by atoms with Crippen LogP contribution in [0.1, 0.15) is 42.0 Å². The zero-order chi connectivity index (χ0) is 19.7. The Labute approximate surface area is 166 Å². The number of nitrogens with two attached hydrogens (primary N) is 1. The minimum Gasteiger partial charge on any atom is -0.340 e. The fourth-order valence-electron chi connectivity index (χ4n) is 4.63. The maximum Gasteiger partial charge on any atom is 0.225 e. The fraction of sp³-hybridized carbons (Fsp3) is 0.391. The summed E-state index contributed by atoms with van der Waals surface area (Å²) in [5.74, 6) is 0.252. The van der Waals surface area contributed by atoms with Gasteiger partial charge >= 0.3 is 0 Å². The Morgan fingerprint density at radius 3 is 2.50 bits per heavy atom. The molecule has 0 radical (unpaired) electrons. The lowest BCUT2D eigenvalue weighted by molar-refractivity contribution is -0.136. The zero-order valence-corrected chi connectivity index (χ0v) is 16.3. The van der Waals surface area contributed by atoms with Gasteiger partial charge in [0.05, 0.1) is 12.5 Å². The summed E-state index contributed by atoms with van der Waals surface area (Å²) < 4.78 is 0. The van der Waals surface area contributed by atoms with Crippen LogP contribution < -0.4 is 5.73 Å². The van der Waals surface area contributed by atoms with Crippen LogP contribution in [-0.4, -0.2) is 47.3 Å². The van der Waals surface area contributed by atoms with Crippen LogP contribution in [0.5, 0.6) is 0 Å². The van der Waals surface area contributed by atoms with Crippen LogP contribution >= 0.6 is 0 Å². The molecule has 4 rings (SSSR count). The van der Waals surface area contributed by atoms with E-state index >= 15 is 0 Å². The summed E-state index contributed by atoms with van der Waals surface area (Å²) in [6.07, 6.45) is 1.15. The first-order valence-electron chi connectivity index (χ1n) is 9.98. The van der Waals surface area contributed by atoms with E-state index in [1.54, 1.807) is 6.92 Å². The van der Waals surface area contributed by atoms with Gasteiger partial charge in [0.25, 0.3) is 0 Å². The van der Waals surface area contributed by atoms with Crippen LogP contribution in [0.2, 0.25) is 0 Å². The van der Waals surface area contributed by atoms with E-state index < -0.39 is 0 Å². The third-order valence-electron chi connectivity index (χ3n) is 6.13. The molecule has 2 N–H and O–H groups in total. The minimum atomic E-state index is -0.193. The van der Waals surface area contributed by atoms with Crippen molar-refractivity contribution >= 4 is 11.8 Å². The second-order valence-corrected chi connectivity index (χ2v) is 7.86. The van der Waals surface area contributed by atoms with Gasteiger partial charge in [0.1, 0.15) is 0 Å². The number of benzene rings is 2. The van der Waals surface area contributed by atoms with E-state index in [9.17, 15) is 9.59 Å². The Morgan fingerprint density at radius 1 is 1.04 bits per heavy atom. The first-order chi connectivity index (χ1) is 13.5. The number of nitrogens with zero attached hydrogens (tertiary/aromatic N) is 2. The highest BCUT2D eigenvalue weighted by molar-refractivity contribution is 5.80. The highest BCUT2D eigenvalue weighted by atomic mass is 16.2. The molecule has 0 bridgehead atoms. The van der Waals surface area contributed by atoms with E-state index in [1.165, 1.54) is 11.1 Å². The molecule has 2 aliphatic heterocycles. The quantitative estimate of drug-likeness (QED) is 0.894. The van der Waals surface area contributed by atoms with Crippen molar-refractivity contribution in [3.63, 3.8) is 0 Å². The molecule has 2 aliphatic rings. The summed E-state index contributed by atoms with van der Waals surface area (Å²) in [6, 6.07) is 18.1. The van der Waals surface area contributed by atoms with E-state index in [1.807, 2.05) is 46.2 Å². The molecule has 0 saturated carbocycles. The fourth-order valence-corrected chi connectivity index (χ4v) is 4.63. The summed E-state index contributed by atoms with van der Waals surface area (Å²) in [6.45, 7) is 3.45.